The van der Waals surface area contributed by atoms with Gasteiger partial charge in [0.05, 0.1) is 7.11 Å². The molecule has 1 rings (SSSR count). The van der Waals surface area contributed by atoms with Crippen molar-refractivity contribution >= 4 is 11.6 Å². The van der Waals surface area contributed by atoms with Gasteiger partial charge in [0.1, 0.15) is 5.75 Å². The minimum absolute atomic E-state index is 0.345. The van der Waals surface area contributed by atoms with Crippen LogP contribution in [0.3, 0.4) is 0 Å². The van der Waals surface area contributed by atoms with Gasteiger partial charge in [0.15, 0.2) is 0 Å². The average molecular weight is 199 g/mol. The maximum atomic E-state index is 5.80. The Morgan fingerprint density at radius 1 is 1.46 bits per heavy atom. The van der Waals surface area contributed by atoms with Gasteiger partial charge in [-0.2, -0.15) is 0 Å². The van der Waals surface area contributed by atoms with E-state index in [9.17, 15) is 0 Å². The van der Waals surface area contributed by atoms with Gasteiger partial charge in [-0.1, -0.05) is 19.1 Å². The van der Waals surface area contributed by atoms with Crippen LogP contribution in [0.5, 0.6) is 5.75 Å². The molecule has 0 aliphatic carbocycles. The second-order valence-corrected chi connectivity index (χ2v) is 3.61. The molecule has 0 fully saturated rings. The van der Waals surface area contributed by atoms with E-state index in [1.54, 1.807) is 7.11 Å². The minimum atomic E-state index is 0.345. The summed E-state index contributed by atoms with van der Waals surface area (Å²) in [5, 5.41) is 0. The van der Waals surface area contributed by atoms with Crippen LogP contribution >= 0.6 is 11.6 Å². The number of aryl methyl sites for hydroxylation is 1. The summed E-state index contributed by atoms with van der Waals surface area (Å²) in [6, 6.07) is 6.21. The highest BCUT2D eigenvalue weighted by atomic mass is 35.5. The van der Waals surface area contributed by atoms with Crippen LogP contribution in [0.25, 0.3) is 0 Å². The Bertz CT molecular complexity index is 283. The molecule has 13 heavy (non-hydrogen) atoms. The summed E-state index contributed by atoms with van der Waals surface area (Å²) in [6.07, 6.45) is 0. The molecule has 0 amide bonds. The number of alkyl halides is 1. The predicted molar refractivity (Wildman–Crippen MR) is 56.9 cm³/mol. The lowest BCUT2D eigenvalue weighted by Crippen LogP contribution is -1.98. The summed E-state index contributed by atoms with van der Waals surface area (Å²) in [6.45, 7) is 4.15. The normalized spacial score (nSPS) is 12.6. The molecule has 1 aromatic carbocycles. The van der Waals surface area contributed by atoms with Gasteiger partial charge in [-0.05, 0) is 30.0 Å². The molecule has 1 atom stereocenters. The Kier molecular flexibility index (Phi) is 3.61. The predicted octanol–water partition coefficient (Wildman–Crippen LogP) is 3.35. The minimum Gasteiger partial charge on any atom is -0.496 e. The first-order valence-corrected chi connectivity index (χ1v) is 4.93. The van der Waals surface area contributed by atoms with Crippen LogP contribution in [0.2, 0.25) is 0 Å². The quantitative estimate of drug-likeness (QED) is 0.677. The second kappa shape index (κ2) is 4.52. The first-order valence-electron chi connectivity index (χ1n) is 4.39. The number of halogens is 1. The van der Waals surface area contributed by atoms with E-state index in [4.69, 9.17) is 16.3 Å². The third kappa shape index (κ3) is 2.38. The van der Waals surface area contributed by atoms with Crippen molar-refractivity contribution in [2.75, 3.05) is 13.0 Å². The monoisotopic (exact) mass is 198 g/mol. The van der Waals surface area contributed by atoms with Gasteiger partial charge in [0.2, 0.25) is 0 Å². The van der Waals surface area contributed by atoms with Gasteiger partial charge >= 0.3 is 0 Å². The summed E-state index contributed by atoms with van der Waals surface area (Å²) < 4.78 is 5.29. The van der Waals surface area contributed by atoms with Crippen molar-refractivity contribution in [2.45, 2.75) is 19.8 Å². The van der Waals surface area contributed by atoms with E-state index in [2.05, 4.69) is 26.0 Å². The molecular formula is C11H15ClO. The van der Waals surface area contributed by atoms with Crippen molar-refractivity contribution in [3.8, 4) is 5.75 Å². The topological polar surface area (TPSA) is 9.23 Å². The maximum Gasteiger partial charge on any atom is 0.122 e. The second-order valence-electron chi connectivity index (χ2n) is 3.30. The van der Waals surface area contributed by atoms with Crippen LogP contribution < -0.4 is 4.74 Å². The fourth-order valence-corrected chi connectivity index (χ4v) is 1.47. The molecule has 0 saturated carbocycles. The van der Waals surface area contributed by atoms with E-state index < -0.39 is 0 Å². The Balaban J connectivity index is 3.05. The van der Waals surface area contributed by atoms with Gasteiger partial charge in [-0.15, -0.1) is 11.6 Å². The van der Waals surface area contributed by atoms with Gasteiger partial charge in [0, 0.05) is 5.88 Å². The zero-order valence-electron chi connectivity index (χ0n) is 8.30. The zero-order valence-corrected chi connectivity index (χ0v) is 9.06. The average Bonchev–Trinajstić information content (AvgIpc) is 2.16. The number of hydrogen-bond donors (Lipinski definition) is 0. The highest BCUT2D eigenvalue weighted by Crippen LogP contribution is 2.27. The van der Waals surface area contributed by atoms with Crippen molar-refractivity contribution in [1.29, 1.82) is 0 Å². The molecule has 0 spiro atoms. The van der Waals surface area contributed by atoms with Crippen LogP contribution in [0.4, 0.5) is 0 Å². The van der Waals surface area contributed by atoms with E-state index in [1.165, 1.54) is 11.1 Å². The van der Waals surface area contributed by atoms with Gasteiger partial charge in [-0.3, -0.25) is 0 Å². The number of hydrogen-bond acceptors (Lipinski definition) is 1. The molecule has 1 aromatic rings. The Hall–Kier alpha value is -0.690. The lowest BCUT2D eigenvalue weighted by molar-refractivity contribution is 0.407. The van der Waals surface area contributed by atoms with E-state index in [0.717, 1.165) is 5.75 Å². The summed E-state index contributed by atoms with van der Waals surface area (Å²) in [7, 11) is 1.69. The first kappa shape index (κ1) is 10.4. The molecule has 1 unspecified atom stereocenters. The highest BCUT2D eigenvalue weighted by molar-refractivity contribution is 6.18. The number of methoxy groups -OCH3 is 1. The fourth-order valence-electron chi connectivity index (χ4n) is 1.31. The summed E-state index contributed by atoms with van der Waals surface area (Å²) in [4.78, 5) is 0. The van der Waals surface area contributed by atoms with E-state index in [-0.39, 0.29) is 0 Å². The van der Waals surface area contributed by atoms with Crippen molar-refractivity contribution in [3.63, 3.8) is 0 Å². The van der Waals surface area contributed by atoms with E-state index in [1.807, 2.05) is 6.07 Å². The maximum absolute atomic E-state index is 5.80. The van der Waals surface area contributed by atoms with Crippen molar-refractivity contribution < 1.29 is 4.74 Å². The number of ether oxygens (including phenoxy) is 1. The summed E-state index contributed by atoms with van der Waals surface area (Å²) in [5.74, 6) is 1.91. The van der Waals surface area contributed by atoms with Crippen molar-refractivity contribution in [1.82, 2.24) is 0 Å². The molecule has 0 bridgehead atoms. The molecule has 0 N–H and O–H groups in total. The van der Waals surface area contributed by atoms with Gasteiger partial charge in [0.25, 0.3) is 0 Å². The highest BCUT2D eigenvalue weighted by Gasteiger charge is 2.09. The number of benzene rings is 1. The van der Waals surface area contributed by atoms with Crippen LogP contribution in [-0.4, -0.2) is 13.0 Å². The van der Waals surface area contributed by atoms with Crippen LogP contribution in [0, 0.1) is 6.92 Å². The van der Waals surface area contributed by atoms with Crippen LogP contribution in [0.1, 0.15) is 24.0 Å². The standard InChI is InChI=1S/C11H15ClO/c1-8-4-5-10(9(2)7-12)11(6-8)13-3/h4-6,9H,7H2,1-3H3. The molecule has 1 nitrogen and oxygen atoms in total. The smallest absolute Gasteiger partial charge is 0.122 e. The van der Waals surface area contributed by atoms with Gasteiger partial charge < -0.3 is 4.74 Å². The Morgan fingerprint density at radius 3 is 2.69 bits per heavy atom. The molecule has 0 aromatic heterocycles. The molecule has 72 valence electrons. The molecule has 0 heterocycles. The molecular weight excluding hydrogens is 184 g/mol. The Morgan fingerprint density at radius 2 is 2.15 bits per heavy atom. The summed E-state index contributed by atoms with van der Waals surface area (Å²) in [5.41, 5.74) is 2.39. The van der Waals surface area contributed by atoms with Gasteiger partial charge in [-0.25, -0.2) is 0 Å². The first-order chi connectivity index (χ1) is 6.19. The van der Waals surface area contributed by atoms with Crippen LogP contribution in [-0.2, 0) is 0 Å². The third-order valence-corrected chi connectivity index (χ3v) is 2.61. The molecule has 0 saturated heterocycles. The largest absolute Gasteiger partial charge is 0.496 e. The van der Waals surface area contributed by atoms with Crippen LogP contribution in [0.15, 0.2) is 18.2 Å². The Labute approximate surface area is 84.7 Å². The molecule has 2 heteroatoms. The number of rotatable bonds is 3. The SMILES string of the molecule is COc1cc(C)ccc1C(C)CCl. The van der Waals surface area contributed by atoms with E-state index in [0.29, 0.717) is 11.8 Å². The third-order valence-electron chi connectivity index (χ3n) is 2.15. The fraction of sp³-hybridized carbons (Fsp3) is 0.455. The molecule has 0 radical (unpaired) electrons. The van der Waals surface area contributed by atoms with Crippen molar-refractivity contribution in [3.05, 3.63) is 29.3 Å². The van der Waals surface area contributed by atoms with E-state index >= 15 is 0 Å². The zero-order chi connectivity index (χ0) is 9.84. The summed E-state index contributed by atoms with van der Waals surface area (Å²) >= 11 is 5.80. The van der Waals surface area contributed by atoms with Crippen molar-refractivity contribution in [2.24, 2.45) is 0 Å². The lowest BCUT2D eigenvalue weighted by Gasteiger charge is -2.13. The molecule has 0 aliphatic heterocycles. The molecule has 0 aliphatic rings. The lowest BCUT2D eigenvalue weighted by atomic mass is 10.0.